The zero-order valence-electron chi connectivity index (χ0n) is 14.4. The van der Waals surface area contributed by atoms with Crippen LogP contribution in [0.2, 0.25) is 0 Å². The highest BCUT2D eigenvalue weighted by atomic mass is 14.3. The summed E-state index contributed by atoms with van der Waals surface area (Å²) < 4.78 is 0. The highest BCUT2D eigenvalue weighted by molar-refractivity contribution is 5.47. The van der Waals surface area contributed by atoms with Crippen LogP contribution < -0.4 is 0 Å². The third kappa shape index (κ3) is 3.06. The second-order valence-corrected chi connectivity index (χ2v) is 7.25. The second kappa shape index (κ2) is 5.60. The molecule has 0 saturated carbocycles. The molecule has 1 rings (SSSR count). The smallest absolute Gasteiger partial charge is 0.0102 e. The van der Waals surface area contributed by atoms with Crippen LogP contribution in [0.15, 0.2) is 36.9 Å². The predicted octanol–water partition coefficient (Wildman–Crippen LogP) is 6.01. The van der Waals surface area contributed by atoms with Gasteiger partial charge < -0.3 is 0 Å². The lowest BCUT2D eigenvalue weighted by atomic mass is 9.72. The van der Waals surface area contributed by atoms with E-state index in [2.05, 4.69) is 73.8 Å². The minimum absolute atomic E-state index is 0.00904. The fraction of sp³-hybridized carbons (Fsp3) is 0.500. The molecule has 1 aromatic rings. The van der Waals surface area contributed by atoms with Crippen LogP contribution in [0.4, 0.5) is 0 Å². The highest BCUT2D eigenvalue weighted by Crippen LogP contribution is 2.37. The Morgan fingerprint density at radius 2 is 1.70 bits per heavy atom. The standard InChI is InChI=1S/C20H30/c1-10-11-19(6,7)17-12-15(4)16(5)18(13-17)20(8,9)14(2)3/h10,12-13H,1-2,11H2,3-9H3. The average molecular weight is 270 g/mol. The number of hydrogen-bond donors (Lipinski definition) is 0. The summed E-state index contributed by atoms with van der Waals surface area (Å²) in [6.45, 7) is 23.7. The molecular weight excluding hydrogens is 240 g/mol. The minimum atomic E-state index is 0.00904. The molecule has 0 amide bonds. The Bertz CT molecular complexity index is 527. The van der Waals surface area contributed by atoms with Crippen molar-refractivity contribution in [1.29, 1.82) is 0 Å². The number of hydrogen-bond acceptors (Lipinski definition) is 0. The Hall–Kier alpha value is -1.30. The summed E-state index contributed by atoms with van der Waals surface area (Å²) in [6.07, 6.45) is 3.00. The zero-order chi connectivity index (χ0) is 15.7. The van der Waals surface area contributed by atoms with Gasteiger partial charge in [0.1, 0.15) is 0 Å². The number of aryl methyl sites for hydroxylation is 1. The molecule has 0 atom stereocenters. The molecule has 0 aromatic heterocycles. The van der Waals surface area contributed by atoms with Gasteiger partial charge in [0.25, 0.3) is 0 Å². The molecule has 0 nitrogen and oxygen atoms in total. The van der Waals surface area contributed by atoms with Crippen LogP contribution in [0.25, 0.3) is 0 Å². The summed E-state index contributed by atoms with van der Waals surface area (Å²) in [7, 11) is 0. The lowest BCUT2D eigenvalue weighted by molar-refractivity contribution is 0.529. The van der Waals surface area contributed by atoms with Crippen molar-refractivity contribution in [2.24, 2.45) is 0 Å². The Balaban J connectivity index is 3.52. The van der Waals surface area contributed by atoms with Gasteiger partial charge in [-0.2, -0.15) is 0 Å². The van der Waals surface area contributed by atoms with E-state index in [1.807, 2.05) is 6.08 Å². The Morgan fingerprint density at radius 1 is 1.15 bits per heavy atom. The van der Waals surface area contributed by atoms with Crippen molar-refractivity contribution < 1.29 is 0 Å². The van der Waals surface area contributed by atoms with E-state index in [1.165, 1.54) is 27.8 Å². The monoisotopic (exact) mass is 270 g/mol. The van der Waals surface area contributed by atoms with E-state index in [-0.39, 0.29) is 10.8 Å². The average Bonchev–Trinajstić information content (AvgIpc) is 2.31. The van der Waals surface area contributed by atoms with Crippen LogP contribution in [0, 0.1) is 13.8 Å². The lowest BCUT2D eigenvalue weighted by Crippen LogP contribution is -2.23. The predicted molar refractivity (Wildman–Crippen MR) is 91.6 cm³/mol. The number of allylic oxidation sites excluding steroid dienone is 2. The molecule has 0 unspecified atom stereocenters. The Morgan fingerprint density at radius 3 is 2.15 bits per heavy atom. The molecule has 0 bridgehead atoms. The van der Waals surface area contributed by atoms with Crippen LogP contribution in [-0.2, 0) is 10.8 Å². The van der Waals surface area contributed by atoms with Gasteiger partial charge in [-0.3, -0.25) is 0 Å². The molecule has 0 fully saturated rings. The van der Waals surface area contributed by atoms with Crippen LogP contribution in [0.3, 0.4) is 0 Å². The normalized spacial score (nSPS) is 12.3. The maximum Gasteiger partial charge on any atom is 0.0102 e. The SMILES string of the molecule is C=CCC(C)(C)c1cc(C)c(C)c(C(C)(C)C(=C)C)c1. The van der Waals surface area contributed by atoms with Crippen LogP contribution in [-0.4, -0.2) is 0 Å². The maximum absolute atomic E-state index is 4.19. The van der Waals surface area contributed by atoms with Gasteiger partial charge in [0.15, 0.2) is 0 Å². The molecule has 0 aliphatic carbocycles. The zero-order valence-corrected chi connectivity index (χ0v) is 14.4. The third-order valence-corrected chi connectivity index (χ3v) is 4.84. The third-order valence-electron chi connectivity index (χ3n) is 4.84. The summed E-state index contributed by atoms with van der Waals surface area (Å²) in [5.74, 6) is 0. The molecule has 0 heteroatoms. The summed E-state index contributed by atoms with van der Waals surface area (Å²) in [5, 5.41) is 0. The van der Waals surface area contributed by atoms with Crippen molar-refractivity contribution in [3.8, 4) is 0 Å². The first-order valence-corrected chi connectivity index (χ1v) is 7.43. The first-order chi connectivity index (χ1) is 9.04. The van der Waals surface area contributed by atoms with Gasteiger partial charge in [0, 0.05) is 5.41 Å². The van der Waals surface area contributed by atoms with Gasteiger partial charge in [-0.15, -0.1) is 6.58 Å². The molecule has 1 aromatic carbocycles. The topological polar surface area (TPSA) is 0 Å². The van der Waals surface area contributed by atoms with Crippen molar-refractivity contribution in [1.82, 2.24) is 0 Å². The van der Waals surface area contributed by atoms with E-state index in [1.54, 1.807) is 0 Å². The van der Waals surface area contributed by atoms with Crippen molar-refractivity contribution >= 4 is 0 Å². The molecule has 0 spiro atoms. The molecular formula is C20H30. The van der Waals surface area contributed by atoms with Crippen LogP contribution in [0.1, 0.15) is 63.3 Å². The van der Waals surface area contributed by atoms with Crippen LogP contribution >= 0.6 is 0 Å². The highest BCUT2D eigenvalue weighted by Gasteiger charge is 2.27. The quantitative estimate of drug-likeness (QED) is 0.575. The van der Waals surface area contributed by atoms with Crippen molar-refractivity contribution in [3.05, 3.63) is 59.2 Å². The van der Waals surface area contributed by atoms with E-state index < -0.39 is 0 Å². The molecule has 0 N–H and O–H groups in total. The fourth-order valence-corrected chi connectivity index (χ4v) is 2.61. The lowest BCUT2D eigenvalue weighted by Gasteiger charge is -2.32. The van der Waals surface area contributed by atoms with E-state index >= 15 is 0 Å². The van der Waals surface area contributed by atoms with Gasteiger partial charge in [0.05, 0.1) is 0 Å². The molecule has 110 valence electrons. The summed E-state index contributed by atoms with van der Waals surface area (Å²) >= 11 is 0. The van der Waals surface area contributed by atoms with Gasteiger partial charge >= 0.3 is 0 Å². The van der Waals surface area contributed by atoms with Crippen LogP contribution in [0.5, 0.6) is 0 Å². The molecule has 0 aliphatic rings. The van der Waals surface area contributed by atoms with E-state index in [9.17, 15) is 0 Å². The number of benzene rings is 1. The minimum Gasteiger partial charge on any atom is -0.103 e. The van der Waals surface area contributed by atoms with Gasteiger partial charge in [-0.1, -0.05) is 58.1 Å². The second-order valence-electron chi connectivity index (χ2n) is 7.25. The molecule has 20 heavy (non-hydrogen) atoms. The van der Waals surface area contributed by atoms with E-state index in [4.69, 9.17) is 0 Å². The fourth-order valence-electron chi connectivity index (χ4n) is 2.61. The molecule has 0 radical (unpaired) electrons. The van der Waals surface area contributed by atoms with Gasteiger partial charge in [-0.25, -0.2) is 0 Å². The summed E-state index contributed by atoms with van der Waals surface area (Å²) in [5.41, 5.74) is 6.88. The number of rotatable bonds is 5. The van der Waals surface area contributed by atoms with E-state index in [0.717, 1.165) is 6.42 Å². The summed E-state index contributed by atoms with van der Waals surface area (Å²) in [4.78, 5) is 0. The van der Waals surface area contributed by atoms with E-state index in [0.29, 0.717) is 0 Å². The van der Waals surface area contributed by atoms with Crippen molar-refractivity contribution in [2.45, 2.75) is 65.7 Å². The first kappa shape index (κ1) is 16.8. The van der Waals surface area contributed by atoms with Crippen molar-refractivity contribution in [3.63, 3.8) is 0 Å². The Kier molecular flexibility index (Phi) is 4.69. The largest absolute Gasteiger partial charge is 0.103 e. The molecule has 0 aliphatic heterocycles. The Labute approximate surface area is 125 Å². The summed E-state index contributed by atoms with van der Waals surface area (Å²) in [6, 6.07) is 4.71. The molecule has 0 heterocycles. The van der Waals surface area contributed by atoms with Gasteiger partial charge in [-0.05, 0) is 54.9 Å². The first-order valence-electron chi connectivity index (χ1n) is 7.43. The molecule has 0 saturated heterocycles. The maximum atomic E-state index is 4.19. The van der Waals surface area contributed by atoms with Crippen molar-refractivity contribution in [2.75, 3.05) is 0 Å². The van der Waals surface area contributed by atoms with Gasteiger partial charge in [0.2, 0.25) is 0 Å².